The van der Waals surface area contributed by atoms with E-state index in [1.54, 1.807) is 31.2 Å². The van der Waals surface area contributed by atoms with Crippen LogP contribution in [-0.4, -0.2) is 32.4 Å². The highest BCUT2D eigenvalue weighted by atomic mass is 32.2. The number of carbonyl (C=O) groups is 1. The first kappa shape index (κ1) is 15.5. The maximum Gasteiger partial charge on any atom is 0.304 e. The first-order chi connectivity index (χ1) is 8.84. The van der Waals surface area contributed by atoms with Crippen molar-refractivity contribution in [1.82, 2.24) is 4.72 Å². The van der Waals surface area contributed by atoms with Crippen molar-refractivity contribution in [1.29, 1.82) is 0 Å². The molecule has 0 saturated carbocycles. The van der Waals surface area contributed by atoms with E-state index in [9.17, 15) is 13.2 Å². The van der Waals surface area contributed by atoms with Crippen molar-refractivity contribution in [3.63, 3.8) is 0 Å². The summed E-state index contributed by atoms with van der Waals surface area (Å²) < 4.78 is 30.8. The third kappa shape index (κ3) is 5.27. The van der Waals surface area contributed by atoms with Crippen LogP contribution in [0.25, 0.3) is 0 Å². The van der Waals surface area contributed by atoms with Crippen LogP contribution in [0.2, 0.25) is 0 Å². The smallest absolute Gasteiger partial charge is 0.304 e. The number of methoxy groups -OCH3 is 1. The molecule has 1 aromatic carbocycles. The van der Waals surface area contributed by atoms with Gasteiger partial charge in [-0.1, -0.05) is 12.1 Å². The average Bonchev–Trinajstić information content (AvgIpc) is 2.36. The minimum absolute atomic E-state index is 0.417. The number of rotatable bonds is 7. The third-order valence-electron chi connectivity index (χ3n) is 2.53. The van der Waals surface area contributed by atoms with Gasteiger partial charge in [-0.3, -0.25) is 4.79 Å². The van der Waals surface area contributed by atoms with E-state index in [1.165, 1.54) is 7.11 Å². The van der Waals surface area contributed by atoms with E-state index in [2.05, 4.69) is 4.72 Å². The Labute approximate surface area is 112 Å². The minimum atomic E-state index is -3.62. The monoisotopic (exact) mass is 287 g/mol. The number of hydrogen-bond acceptors (Lipinski definition) is 4. The Morgan fingerprint density at radius 1 is 1.47 bits per heavy atom. The van der Waals surface area contributed by atoms with Gasteiger partial charge in [0.05, 0.1) is 19.3 Å². The summed E-state index contributed by atoms with van der Waals surface area (Å²) in [6, 6.07) is 6.57. The first-order valence-corrected chi connectivity index (χ1v) is 7.35. The average molecular weight is 287 g/mol. The Morgan fingerprint density at radius 3 is 2.74 bits per heavy atom. The zero-order valence-electron chi connectivity index (χ0n) is 10.8. The zero-order chi connectivity index (χ0) is 14.5. The quantitative estimate of drug-likeness (QED) is 0.784. The predicted molar refractivity (Wildman–Crippen MR) is 70.6 cm³/mol. The second kappa shape index (κ2) is 6.53. The van der Waals surface area contributed by atoms with E-state index in [1.807, 2.05) is 0 Å². The SMILES string of the molecule is COc1cccc(C(C)NS(=O)(=O)CCC(=O)O)c1. The van der Waals surface area contributed by atoms with Gasteiger partial charge < -0.3 is 9.84 Å². The van der Waals surface area contributed by atoms with E-state index in [-0.39, 0.29) is 0 Å². The summed E-state index contributed by atoms with van der Waals surface area (Å²) >= 11 is 0. The van der Waals surface area contributed by atoms with Gasteiger partial charge in [-0.2, -0.15) is 0 Å². The summed E-state index contributed by atoms with van der Waals surface area (Å²) in [4.78, 5) is 10.4. The lowest BCUT2D eigenvalue weighted by Crippen LogP contribution is -2.30. The molecule has 0 radical (unpaired) electrons. The fourth-order valence-corrected chi connectivity index (χ4v) is 2.76. The van der Waals surface area contributed by atoms with E-state index < -0.39 is 34.2 Å². The van der Waals surface area contributed by atoms with Gasteiger partial charge in [0.2, 0.25) is 10.0 Å². The van der Waals surface area contributed by atoms with Gasteiger partial charge in [0.15, 0.2) is 0 Å². The van der Waals surface area contributed by atoms with Crippen molar-refractivity contribution in [3.05, 3.63) is 29.8 Å². The number of ether oxygens (including phenoxy) is 1. The molecule has 0 aliphatic rings. The van der Waals surface area contributed by atoms with Crippen LogP contribution in [0, 0.1) is 0 Å². The Hall–Kier alpha value is -1.60. The van der Waals surface area contributed by atoms with E-state index >= 15 is 0 Å². The zero-order valence-corrected chi connectivity index (χ0v) is 11.6. The van der Waals surface area contributed by atoms with Crippen molar-refractivity contribution in [2.75, 3.05) is 12.9 Å². The Bertz CT molecular complexity index is 541. The predicted octanol–water partition coefficient (Wildman–Crippen LogP) is 1.15. The molecule has 0 fully saturated rings. The van der Waals surface area contributed by atoms with E-state index in [0.29, 0.717) is 5.75 Å². The molecule has 0 amide bonds. The number of sulfonamides is 1. The standard InChI is InChI=1S/C12H17NO5S/c1-9(10-4-3-5-11(8-10)18-2)13-19(16,17)7-6-12(14)15/h3-5,8-9,13H,6-7H2,1-2H3,(H,14,15). The lowest BCUT2D eigenvalue weighted by atomic mass is 10.1. The molecule has 7 heteroatoms. The maximum atomic E-state index is 11.7. The fourth-order valence-electron chi connectivity index (χ4n) is 1.53. The lowest BCUT2D eigenvalue weighted by Gasteiger charge is -2.15. The van der Waals surface area contributed by atoms with Gasteiger partial charge in [-0.05, 0) is 24.6 Å². The molecule has 1 aromatic rings. The van der Waals surface area contributed by atoms with Gasteiger partial charge >= 0.3 is 5.97 Å². The molecule has 0 aromatic heterocycles. The molecule has 0 aliphatic carbocycles. The molecule has 0 aliphatic heterocycles. The fraction of sp³-hybridized carbons (Fsp3) is 0.417. The summed E-state index contributed by atoms with van der Waals surface area (Å²) in [6.07, 6.45) is -0.417. The normalized spacial score (nSPS) is 12.9. The van der Waals surface area contributed by atoms with Crippen LogP contribution >= 0.6 is 0 Å². The molecular formula is C12H17NO5S. The largest absolute Gasteiger partial charge is 0.497 e. The van der Waals surface area contributed by atoms with Crippen LogP contribution in [0.4, 0.5) is 0 Å². The summed E-state index contributed by atoms with van der Waals surface area (Å²) in [7, 11) is -2.09. The van der Waals surface area contributed by atoms with Crippen LogP contribution in [0.15, 0.2) is 24.3 Å². The molecule has 0 bridgehead atoms. The van der Waals surface area contributed by atoms with Crippen molar-refractivity contribution in [3.8, 4) is 5.75 Å². The topological polar surface area (TPSA) is 92.7 Å². The van der Waals surface area contributed by atoms with Gasteiger partial charge in [-0.25, -0.2) is 13.1 Å². The van der Waals surface area contributed by atoms with Gasteiger partial charge in [0.25, 0.3) is 0 Å². The summed E-state index contributed by atoms with van der Waals surface area (Å²) in [6.45, 7) is 1.69. The molecule has 106 valence electrons. The molecule has 19 heavy (non-hydrogen) atoms. The van der Waals surface area contributed by atoms with Crippen LogP contribution in [0.3, 0.4) is 0 Å². The number of carboxylic acids is 1. The van der Waals surface area contributed by atoms with Crippen LogP contribution < -0.4 is 9.46 Å². The Kier molecular flexibility index (Phi) is 5.31. The lowest BCUT2D eigenvalue weighted by molar-refractivity contribution is -0.136. The van der Waals surface area contributed by atoms with Crippen molar-refractivity contribution in [2.24, 2.45) is 0 Å². The van der Waals surface area contributed by atoms with Crippen molar-refractivity contribution >= 4 is 16.0 Å². The molecule has 0 saturated heterocycles. The molecule has 6 nitrogen and oxygen atoms in total. The summed E-state index contributed by atoms with van der Waals surface area (Å²) in [5.41, 5.74) is 0.748. The second-order valence-electron chi connectivity index (χ2n) is 4.08. The van der Waals surface area contributed by atoms with E-state index in [0.717, 1.165) is 5.56 Å². The number of benzene rings is 1. The molecule has 0 heterocycles. The van der Waals surface area contributed by atoms with Crippen molar-refractivity contribution in [2.45, 2.75) is 19.4 Å². The number of hydrogen-bond donors (Lipinski definition) is 2. The number of carboxylic acid groups (broad SMARTS) is 1. The number of aliphatic carboxylic acids is 1. The first-order valence-electron chi connectivity index (χ1n) is 5.70. The number of nitrogens with one attached hydrogen (secondary N) is 1. The van der Waals surface area contributed by atoms with Crippen LogP contribution in [-0.2, 0) is 14.8 Å². The highest BCUT2D eigenvalue weighted by Gasteiger charge is 2.17. The molecule has 1 rings (SSSR count). The molecule has 1 atom stereocenters. The van der Waals surface area contributed by atoms with E-state index in [4.69, 9.17) is 9.84 Å². The van der Waals surface area contributed by atoms with Gasteiger partial charge in [0, 0.05) is 6.04 Å². The summed E-state index contributed by atoms with van der Waals surface area (Å²) in [5, 5.41) is 8.49. The highest BCUT2D eigenvalue weighted by molar-refractivity contribution is 7.89. The Balaban J connectivity index is 2.72. The van der Waals surface area contributed by atoms with Gasteiger partial charge in [-0.15, -0.1) is 0 Å². The third-order valence-corrected chi connectivity index (χ3v) is 3.99. The molecular weight excluding hydrogens is 270 g/mol. The van der Waals surface area contributed by atoms with Crippen molar-refractivity contribution < 1.29 is 23.1 Å². The summed E-state index contributed by atoms with van der Waals surface area (Å²) in [5.74, 6) is -0.940. The molecule has 0 spiro atoms. The minimum Gasteiger partial charge on any atom is -0.497 e. The molecule has 2 N–H and O–H groups in total. The second-order valence-corrected chi connectivity index (χ2v) is 5.95. The maximum absolute atomic E-state index is 11.7. The highest BCUT2D eigenvalue weighted by Crippen LogP contribution is 2.19. The molecule has 1 unspecified atom stereocenters. The van der Waals surface area contributed by atoms with Crippen LogP contribution in [0.1, 0.15) is 24.9 Å². The van der Waals surface area contributed by atoms with Crippen LogP contribution in [0.5, 0.6) is 5.75 Å². The Morgan fingerprint density at radius 2 is 2.16 bits per heavy atom. The van der Waals surface area contributed by atoms with Gasteiger partial charge in [0.1, 0.15) is 5.75 Å².